The molecule has 1 heterocycles. The summed E-state index contributed by atoms with van der Waals surface area (Å²) in [7, 11) is 0. The number of nitrogens with one attached hydrogen (secondary N) is 1. The topological polar surface area (TPSA) is 89.9 Å². The van der Waals surface area contributed by atoms with Gasteiger partial charge in [-0.25, -0.2) is 9.59 Å². The normalized spacial score (nSPS) is 22.6. The minimum atomic E-state index is -1.00. The van der Waals surface area contributed by atoms with Crippen molar-refractivity contribution in [3.05, 3.63) is 0 Å². The second-order valence-corrected chi connectivity index (χ2v) is 4.93. The number of aliphatic carboxylic acids is 1. The van der Waals surface area contributed by atoms with Gasteiger partial charge in [0.15, 0.2) is 0 Å². The number of aliphatic hydroxyl groups is 1. The molecule has 104 valence electrons. The quantitative estimate of drug-likeness (QED) is 0.670. The molecule has 1 rings (SSSR count). The van der Waals surface area contributed by atoms with E-state index in [9.17, 15) is 9.59 Å². The fraction of sp³-hybridized carbons (Fsp3) is 0.833. The Morgan fingerprint density at radius 3 is 2.61 bits per heavy atom. The molecule has 6 heteroatoms. The highest BCUT2D eigenvalue weighted by Crippen LogP contribution is 2.16. The van der Waals surface area contributed by atoms with Gasteiger partial charge < -0.3 is 20.4 Å². The molecule has 18 heavy (non-hydrogen) atoms. The summed E-state index contributed by atoms with van der Waals surface area (Å²) in [6, 6.07) is -1.20. The van der Waals surface area contributed by atoms with E-state index >= 15 is 0 Å². The van der Waals surface area contributed by atoms with E-state index in [0.29, 0.717) is 19.5 Å². The third kappa shape index (κ3) is 3.60. The monoisotopic (exact) mass is 258 g/mol. The lowest BCUT2D eigenvalue weighted by molar-refractivity contribution is -0.140. The molecule has 0 aromatic carbocycles. The third-order valence-electron chi connectivity index (χ3n) is 3.59. The molecule has 1 fully saturated rings. The van der Waals surface area contributed by atoms with Gasteiger partial charge in [-0.05, 0) is 12.3 Å². The van der Waals surface area contributed by atoms with E-state index in [-0.39, 0.29) is 24.5 Å². The van der Waals surface area contributed by atoms with Gasteiger partial charge in [0.1, 0.15) is 6.04 Å². The van der Waals surface area contributed by atoms with Crippen molar-refractivity contribution in [3.8, 4) is 0 Å². The van der Waals surface area contributed by atoms with E-state index < -0.39 is 12.0 Å². The maximum Gasteiger partial charge on any atom is 0.326 e. The number of carbonyl (C=O) groups excluding carboxylic acids is 1. The average Bonchev–Trinajstić information content (AvgIpc) is 2.83. The van der Waals surface area contributed by atoms with Gasteiger partial charge in [-0.1, -0.05) is 20.3 Å². The van der Waals surface area contributed by atoms with Gasteiger partial charge in [-0.3, -0.25) is 0 Å². The first-order valence-electron chi connectivity index (χ1n) is 6.38. The predicted octanol–water partition coefficient (Wildman–Crippen LogP) is 0.509. The first-order chi connectivity index (χ1) is 8.49. The molecule has 0 spiro atoms. The van der Waals surface area contributed by atoms with Crippen LogP contribution in [-0.2, 0) is 4.79 Å². The number of likely N-dealkylation sites (tertiary alicyclic amines) is 1. The van der Waals surface area contributed by atoms with Crippen molar-refractivity contribution < 1.29 is 19.8 Å². The predicted molar refractivity (Wildman–Crippen MR) is 66.2 cm³/mol. The van der Waals surface area contributed by atoms with Crippen LogP contribution in [0.5, 0.6) is 0 Å². The van der Waals surface area contributed by atoms with Crippen molar-refractivity contribution in [3.63, 3.8) is 0 Å². The minimum absolute atomic E-state index is 0.0670. The van der Waals surface area contributed by atoms with E-state index in [2.05, 4.69) is 5.32 Å². The highest BCUT2D eigenvalue weighted by Gasteiger charge is 2.30. The lowest BCUT2D eigenvalue weighted by Gasteiger charge is -2.24. The highest BCUT2D eigenvalue weighted by atomic mass is 16.4. The maximum atomic E-state index is 11.9. The molecule has 0 aromatic heterocycles. The minimum Gasteiger partial charge on any atom is -0.480 e. The molecule has 2 amide bonds. The summed E-state index contributed by atoms with van der Waals surface area (Å²) >= 11 is 0. The van der Waals surface area contributed by atoms with Crippen LogP contribution < -0.4 is 5.32 Å². The molecule has 0 aromatic rings. The molecule has 1 aliphatic heterocycles. The van der Waals surface area contributed by atoms with Crippen LogP contribution in [0.3, 0.4) is 0 Å². The molecular weight excluding hydrogens is 236 g/mol. The van der Waals surface area contributed by atoms with Crippen molar-refractivity contribution >= 4 is 12.0 Å². The van der Waals surface area contributed by atoms with Crippen LogP contribution in [0.4, 0.5) is 4.79 Å². The number of nitrogens with zero attached hydrogens (tertiary/aromatic N) is 1. The molecule has 3 atom stereocenters. The average molecular weight is 258 g/mol. The number of amides is 2. The molecular formula is C12H22N2O4. The van der Waals surface area contributed by atoms with Gasteiger partial charge >= 0.3 is 12.0 Å². The summed E-state index contributed by atoms with van der Waals surface area (Å²) in [4.78, 5) is 24.6. The second kappa shape index (κ2) is 6.58. The van der Waals surface area contributed by atoms with Crippen molar-refractivity contribution in [1.29, 1.82) is 0 Å². The van der Waals surface area contributed by atoms with Crippen molar-refractivity contribution in [2.45, 2.75) is 32.7 Å². The zero-order valence-corrected chi connectivity index (χ0v) is 10.9. The molecule has 3 N–H and O–H groups in total. The molecule has 0 aliphatic carbocycles. The number of urea groups is 1. The number of aliphatic hydroxyl groups excluding tert-OH is 1. The number of rotatable bonds is 5. The largest absolute Gasteiger partial charge is 0.480 e. The SMILES string of the molecule is CCC(C)[C@H](NC(=O)N1CCC(CO)C1)C(=O)O. The van der Waals surface area contributed by atoms with Gasteiger partial charge in [0.2, 0.25) is 0 Å². The standard InChI is InChI=1S/C12H22N2O4/c1-3-8(2)10(11(16)17)13-12(18)14-5-4-9(6-14)7-15/h8-10,15H,3-7H2,1-2H3,(H,13,18)(H,16,17)/t8?,9?,10-/m0/s1. The van der Waals surface area contributed by atoms with E-state index in [0.717, 1.165) is 6.42 Å². The first kappa shape index (κ1) is 14.8. The van der Waals surface area contributed by atoms with Gasteiger partial charge in [-0.2, -0.15) is 0 Å². The molecule has 2 unspecified atom stereocenters. The molecule has 0 radical (unpaired) electrons. The molecule has 0 bridgehead atoms. The number of carboxylic acids is 1. The lowest BCUT2D eigenvalue weighted by Crippen LogP contribution is -2.50. The van der Waals surface area contributed by atoms with Crippen molar-refractivity contribution in [2.75, 3.05) is 19.7 Å². The van der Waals surface area contributed by atoms with Gasteiger partial charge in [0, 0.05) is 25.6 Å². The third-order valence-corrected chi connectivity index (χ3v) is 3.59. The molecule has 6 nitrogen and oxygen atoms in total. The molecule has 1 aliphatic rings. The van der Waals surface area contributed by atoms with Crippen LogP contribution in [0.15, 0.2) is 0 Å². The summed E-state index contributed by atoms with van der Waals surface area (Å²) in [5, 5.41) is 20.7. The molecule has 0 saturated carbocycles. The van der Waals surface area contributed by atoms with Crippen LogP contribution in [0, 0.1) is 11.8 Å². The molecule has 1 saturated heterocycles. The van der Waals surface area contributed by atoms with Crippen LogP contribution in [-0.4, -0.2) is 52.9 Å². The lowest BCUT2D eigenvalue weighted by atomic mass is 9.99. The van der Waals surface area contributed by atoms with E-state index in [1.54, 1.807) is 11.8 Å². The zero-order chi connectivity index (χ0) is 13.7. The van der Waals surface area contributed by atoms with Gasteiger partial charge in [0.05, 0.1) is 0 Å². The first-order valence-corrected chi connectivity index (χ1v) is 6.38. The Morgan fingerprint density at radius 2 is 2.17 bits per heavy atom. The summed E-state index contributed by atoms with van der Waals surface area (Å²) in [6.07, 6.45) is 1.46. The Labute approximate surface area is 107 Å². The van der Waals surface area contributed by atoms with Crippen LogP contribution in [0.2, 0.25) is 0 Å². The van der Waals surface area contributed by atoms with Gasteiger partial charge in [-0.15, -0.1) is 0 Å². The van der Waals surface area contributed by atoms with Crippen LogP contribution in [0.25, 0.3) is 0 Å². The smallest absolute Gasteiger partial charge is 0.326 e. The fourth-order valence-corrected chi connectivity index (χ4v) is 2.07. The Hall–Kier alpha value is -1.30. The summed E-state index contributed by atoms with van der Waals surface area (Å²) in [5.74, 6) is -0.999. The van der Waals surface area contributed by atoms with E-state index in [1.165, 1.54) is 0 Å². The highest BCUT2D eigenvalue weighted by molar-refractivity contribution is 5.82. The van der Waals surface area contributed by atoms with E-state index in [4.69, 9.17) is 10.2 Å². The van der Waals surface area contributed by atoms with Crippen LogP contribution in [0.1, 0.15) is 26.7 Å². The van der Waals surface area contributed by atoms with Crippen LogP contribution >= 0.6 is 0 Å². The fourth-order valence-electron chi connectivity index (χ4n) is 2.07. The second-order valence-electron chi connectivity index (χ2n) is 4.93. The van der Waals surface area contributed by atoms with Crippen molar-refractivity contribution in [1.82, 2.24) is 10.2 Å². The summed E-state index contributed by atoms with van der Waals surface area (Å²) in [6.45, 7) is 4.83. The number of carbonyl (C=O) groups is 2. The number of carboxylic acid groups (broad SMARTS) is 1. The Balaban J connectivity index is 2.54. The summed E-state index contributed by atoms with van der Waals surface area (Å²) < 4.78 is 0. The van der Waals surface area contributed by atoms with Crippen molar-refractivity contribution in [2.24, 2.45) is 11.8 Å². The zero-order valence-electron chi connectivity index (χ0n) is 10.9. The maximum absolute atomic E-state index is 11.9. The summed E-state index contributed by atoms with van der Waals surface area (Å²) in [5.41, 5.74) is 0. The number of hydrogen-bond donors (Lipinski definition) is 3. The Kier molecular flexibility index (Phi) is 5.40. The van der Waals surface area contributed by atoms with E-state index in [1.807, 2.05) is 6.92 Å². The Morgan fingerprint density at radius 1 is 1.50 bits per heavy atom. The number of hydrogen-bond acceptors (Lipinski definition) is 3. The van der Waals surface area contributed by atoms with Gasteiger partial charge in [0.25, 0.3) is 0 Å². The Bertz CT molecular complexity index is 308.